The van der Waals surface area contributed by atoms with E-state index in [2.05, 4.69) is 5.32 Å². The van der Waals surface area contributed by atoms with Crippen LogP contribution in [0, 0.1) is 0 Å². The summed E-state index contributed by atoms with van der Waals surface area (Å²) in [5.41, 5.74) is 5.84. The van der Waals surface area contributed by atoms with Crippen LogP contribution in [0.25, 0.3) is 0 Å². The number of nitrogens with one attached hydrogen (secondary N) is 1. The summed E-state index contributed by atoms with van der Waals surface area (Å²) in [5.74, 6) is 0.916. The Kier molecular flexibility index (Phi) is 5.98. The molecule has 0 saturated carbocycles. The number of urea groups is 1. The van der Waals surface area contributed by atoms with Gasteiger partial charge in [0, 0.05) is 18.2 Å². The van der Waals surface area contributed by atoms with E-state index in [0.29, 0.717) is 18.0 Å². The van der Waals surface area contributed by atoms with Crippen LogP contribution in [-0.2, 0) is 11.3 Å². The third-order valence-corrected chi connectivity index (χ3v) is 3.20. The molecule has 0 heterocycles. The van der Waals surface area contributed by atoms with E-state index in [1.807, 2.05) is 12.1 Å². The standard InChI is InChI=1S/C14H21N3O4/c1-9(13(18)16-14(15)19)17(2)8-10-5-6-11(20-3)7-12(10)21-4/h5-7,9H,8H2,1-4H3,(H3,15,16,18,19)/t9-/m0/s1. The van der Waals surface area contributed by atoms with Gasteiger partial charge in [0.2, 0.25) is 5.91 Å². The monoisotopic (exact) mass is 295 g/mol. The molecule has 0 fully saturated rings. The molecule has 3 amide bonds. The fourth-order valence-electron chi connectivity index (χ4n) is 1.81. The van der Waals surface area contributed by atoms with E-state index in [9.17, 15) is 9.59 Å². The molecule has 1 atom stereocenters. The molecule has 116 valence electrons. The van der Waals surface area contributed by atoms with Crippen LogP contribution in [0.5, 0.6) is 11.5 Å². The minimum atomic E-state index is -0.859. The average Bonchev–Trinajstić information content (AvgIpc) is 2.45. The van der Waals surface area contributed by atoms with Gasteiger partial charge in [0.15, 0.2) is 0 Å². The van der Waals surface area contributed by atoms with Gasteiger partial charge >= 0.3 is 6.03 Å². The van der Waals surface area contributed by atoms with E-state index in [1.54, 1.807) is 39.2 Å². The summed E-state index contributed by atoms with van der Waals surface area (Å²) in [6.07, 6.45) is 0. The summed E-state index contributed by atoms with van der Waals surface area (Å²) in [5, 5.41) is 2.06. The maximum absolute atomic E-state index is 11.7. The molecule has 1 aromatic rings. The Bertz CT molecular complexity index is 519. The number of ether oxygens (including phenoxy) is 2. The molecule has 7 heteroatoms. The Morgan fingerprint density at radius 1 is 1.33 bits per heavy atom. The number of hydrogen-bond acceptors (Lipinski definition) is 5. The van der Waals surface area contributed by atoms with Crippen molar-refractivity contribution in [3.05, 3.63) is 23.8 Å². The van der Waals surface area contributed by atoms with Crippen LogP contribution in [0.15, 0.2) is 18.2 Å². The third kappa shape index (κ3) is 4.64. The van der Waals surface area contributed by atoms with Crippen molar-refractivity contribution < 1.29 is 19.1 Å². The van der Waals surface area contributed by atoms with Gasteiger partial charge in [-0.2, -0.15) is 0 Å². The van der Waals surface area contributed by atoms with Gasteiger partial charge in [-0.3, -0.25) is 15.0 Å². The Morgan fingerprint density at radius 2 is 2.00 bits per heavy atom. The summed E-state index contributed by atoms with van der Waals surface area (Å²) >= 11 is 0. The highest BCUT2D eigenvalue weighted by Crippen LogP contribution is 2.25. The van der Waals surface area contributed by atoms with Gasteiger partial charge < -0.3 is 15.2 Å². The number of methoxy groups -OCH3 is 2. The number of imide groups is 1. The van der Waals surface area contributed by atoms with E-state index in [4.69, 9.17) is 15.2 Å². The number of carbonyl (C=O) groups excluding carboxylic acids is 2. The highest BCUT2D eigenvalue weighted by atomic mass is 16.5. The van der Waals surface area contributed by atoms with Gasteiger partial charge in [-0.1, -0.05) is 6.07 Å². The van der Waals surface area contributed by atoms with Crippen molar-refractivity contribution in [1.29, 1.82) is 0 Å². The Balaban J connectivity index is 2.80. The molecule has 1 rings (SSSR count). The van der Waals surface area contributed by atoms with E-state index in [1.165, 1.54) is 0 Å². The zero-order valence-corrected chi connectivity index (χ0v) is 12.7. The molecular weight excluding hydrogens is 274 g/mol. The molecule has 0 spiro atoms. The van der Waals surface area contributed by atoms with Gasteiger partial charge in [-0.05, 0) is 20.0 Å². The molecule has 0 radical (unpaired) electrons. The normalized spacial score (nSPS) is 11.9. The molecule has 21 heavy (non-hydrogen) atoms. The number of benzene rings is 1. The molecule has 0 aliphatic heterocycles. The average molecular weight is 295 g/mol. The number of primary amides is 1. The molecule has 0 bridgehead atoms. The lowest BCUT2D eigenvalue weighted by Gasteiger charge is -2.24. The highest BCUT2D eigenvalue weighted by molar-refractivity contribution is 5.96. The van der Waals surface area contributed by atoms with Crippen molar-refractivity contribution >= 4 is 11.9 Å². The van der Waals surface area contributed by atoms with Crippen molar-refractivity contribution in [2.75, 3.05) is 21.3 Å². The van der Waals surface area contributed by atoms with Gasteiger partial charge in [0.1, 0.15) is 11.5 Å². The first kappa shape index (κ1) is 16.8. The summed E-state index contributed by atoms with van der Waals surface area (Å²) in [6.45, 7) is 2.16. The molecule has 0 saturated heterocycles. The predicted molar refractivity (Wildman–Crippen MR) is 78.2 cm³/mol. The second kappa shape index (κ2) is 7.49. The minimum absolute atomic E-state index is 0.447. The predicted octanol–water partition coefficient (Wildman–Crippen LogP) is 0.719. The summed E-state index contributed by atoms with van der Waals surface area (Å²) in [6, 6.07) is 4.09. The van der Waals surface area contributed by atoms with Crippen molar-refractivity contribution in [2.24, 2.45) is 5.73 Å². The number of nitrogens with two attached hydrogens (primary N) is 1. The fraction of sp³-hybridized carbons (Fsp3) is 0.429. The molecule has 0 unspecified atom stereocenters. The summed E-state index contributed by atoms with van der Waals surface area (Å²) in [7, 11) is 4.92. The van der Waals surface area contributed by atoms with E-state index in [0.717, 1.165) is 5.56 Å². The maximum Gasteiger partial charge on any atom is 0.318 e. The van der Waals surface area contributed by atoms with Crippen LogP contribution < -0.4 is 20.5 Å². The second-order valence-corrected chi connectivity index (χ2v) is 4.62. The number of likely N-dealkylation sites (N-methyl/N-ethyl adjacent to an activating group) is 1. The van der Waals surface area contributed by atoms with Gasteiger partial charge in [0.25, 0.3) is 0 Å². The smallest absolute Gasteiger partial charge is 0.318 e. The number of rotatable bonds is 6. The first-order chi connectivity index (χ1) is 9.88. The number of amides is 3. The Morgan fingerprint density at radius 3 is 2.52 bits per heavy atom. The fourth-order valence-corrected chi connectivity index (χ4v) is 1.81. The zero-order chi connectivity index (χ0) is 16.0. The summed E-state index contributed by atoms with van der Waals surface area (Å²) in [4.78, 5) is 24.2. The lowest BCUT2D eigenvalue weighted by molar-refractivity contribution is -0.124. The van der Waals surface area contributed by atoms with Crippen LogP contribution in [0.2, 0.25) is 0 Å². The second-order valence-electron chi connectivity index (χ2n) is 4.62. The first-order valence-electron chi connectivity index (χ1n) is 6.40. The van der Waals surface area contributed by atoms with Crippen LogP contribution in [0.1, 0.15) is 12.5 Å². The molecule has 7 nitrogen and oxygen atoms in total. The topological polar surface area (TPSA) is 93.9 Å². The van der Waals surface area contributed by atoms with Crippen molar-refractivity contribution in [1.82, 2.24) is 10.2 Å². The first-order valence-corrected chi connectivity index (χ1v) is 6.40. The lowest BCUT2D eigenvalue weighted by Crippen LogP contribution is -2.46. The van der Waals surface area contributed by atoms with Gasteiger partial charge in [-0.15, -0.1) is 0 Å². The largest absolute Gasteiger partial charge is 0.497 e. The minimum Gasteiger partial charge on any atom is -0.497 e. The van der Waals surface area contributed by atoms with Crippen molar-refractivity contribution in [3.63, 3.8) is 0 Å². The van der Waals surface area contributed by atoms with Crippen molar-refractivity contribution in [3.8, 4) is 11.5 Å². The molecule has 0 aliphatic rings. The zero-order valence-electron chi connectivity index (χ0n) is 12.7. The lowest BCUT2D eigenvalue weighted by atomic mass is 10.1. The molecule has 3 N–H and O–H groups in total. The summed E-state index contributed by atoms with van der Waals surface area (Å²) < 4.78 is 10.4. The van der Waals surface area contributed by atoms with E-state index >= 15 is 0 Å². The quantitative estimate of drug-likeness (QED) is 0.806. The molecule has 0 aromatic heterocycles. The number of carbonyl (C=O) groups is 2. The van der Waals surface area contributed by atoms with E-state index in [-0.39, 0.29) is 0 Å². The van der Waals surface area contributed by atoms with Crippen LogP contribution in [-0.4, -0.2) is 44.1 Å². The molecular formula is C14H21N3O4. The number of hydrogen-bond donors (Lipinski definition) is 2. The van der Waals surface area contributed by atoms with Gasteiger partial charge in [-0.25, -0.2) is 4.79 Å². The highest BCUT2D eigenvalue weighted by Gasteiger charge is 2.20. The SMILES string of the molecule is COc1ccc(CN(C)[C@@H](C)C(=O)NC(N)=O)c(OC)c1. The molecule has 1 aromatic carbocycles. The van der Waals surface area contributed by atoms with Crippen LogP contribution in [0.3, 0.4) is 0 Å². The molecule has 0 aliphatic carbocycles. The van der Waals surface area contributed by atoms with Crippen molar-refractivity contribution in [2.45, 2.75) is 19.5 Å². The Labute approximate surface area is 124 Å². The Hall–Kier alpha value is -2.28. The van der Waals surface area contributed by atoms with E-state index < -0.39 is 18.0 Å². The van der Waals surface area contributed by atoms with Crippen LogP contribution >= 0.6 is 0 Å². The number of nitrogens with zero attached hydrogens (tertiary/aromatic N) is 1. The van der Waals surface area contributed by atoms with Gasteiger partial charge in [0.05, 0.1) is 20.3 Å². The third-order valence-electron chi connectivity index (χ3n) is 3.20. The maximum atomic E-state index is 11.7. The van der Waals surface area contributed by atoms with Crippen LogP contribution in [0.4, 0.5) is 4.79 Å².